The van der Waals surface area contributed by atoms with Crippen molar-refractivity contribution in [3.63, 3.8) is 0 Å². The van der Waals surface area contributed by atoms with E-state index in [4.69, 9.17) is 0 Å². The monoisotopic (exact) mass is 231 g/mol. The summed E-state index contributed by atoms with van der Waals surface area (Å²) in [5.74, 6) is 0.146. The average Bonchev–Trinajstić information content (AvgIpc) is 2.70. The van der Waals surface area contributed by atoms with Crippen LogP contribution in [0.5, 0.6) is 0 Å². The van der Waals surface area contributed by atoms with Crippen molar-refractivity contribution in [3.8, 4) is 0 Å². The first-order valence-electron chi connectivity index (χ1n) is 5.16. The van der Waals surface area contributed by atoms with Crippen molar-refractivity contribution in [1.29, 1.82) is 0 Å². The van der Waals surface area contributed by atoms with Gasteiger partial charge in [0.15, 0.2) is 5.78 Å². The van der Waals surface area contributed by atoms with Crippen LogP contribution in [0.3, 0.4) is 0 Å². The van der Waals surface area contributed by atoms with E-state index in [0.717, 1.165) is 21.8 Å². The fraction of sp³-hybridized carbons (Fsp3) is 0.231. The fourth-order valence-electron chi connectivity index (χ4n) is 1.65. The lowest BCUT2D eigenvalue weighted by Gasteiger charge is -2.04. The highest BCUT2D eigenvalue weighted by Crippen LogP contribution is 2.14. The fourth-order valence-corrected chi connectivity index (χ4v) is 2.35. The molecule has 0 aliphatic heterocycles. The van der Waals surface area contributed by atoms with Crippen molar-refractivity contribution in [1.82, 2.24) is 4.98 Å². The molecule has 3 heteroatoms. The van der Waals surface area contributed by atoms with Crippen LogP contribution in [0.25, 0.3) is 0 Å². The zero-order chi connectivity index (χ0) is 11.5. The Labute approximate surface area is 99.0 Å². The number of carbonyl (C=O) groups is 1. The largest absolute Gasteiger partial charge is 0.294 e. The number of thiophene rings is 1. The quantitative estimate of drug-likeness (QED) is 0.759. The molecule has 16 heavy (non-hydrogen) atoms. The molecule has 0 amide bonds. The third-order valence-electron chi connectivity index (χ3n) is 2.44. The van der Waals surface area contributed by atoms with E-state index >= 15 is 0 Å². The van der Waals surface area contributed by atoms with Gasteiger partial charge in [0, 0.05) is 28.2 Å². The summed E-state index contributed by atoms with van der Waals surface area (Å²) in [6.07, 6.45) is 0.475. The Kier molecular flexibility index (Phi) is 3.15. The van der Waals surface area contributed by atoms with Gasteiger partial charge < -0.3 is 0 Å². The normalized spacial score (nSPS) is 10.4. The maximum absolute atomic E-state index is 12.0. The number of rotatable bonds is 3. The highest BCUT2D eigenvalue weighted by molar-refractivity contribution is 7.10. The molecule has 2 rings (SSSR count). The number of pyridine rings is 1. The van der Waals surface area contributed by atoms with Crippen molar-refractivity contribution < 1.29 is 4.79 Å². The lowest BCUT2D eigenvalue weighted by Crippen LogP contribution is -2.06. The van der Waals surface area contributed by atoms with E-state index in [1.165, 1.54) is 0 Å². The summed E-state index contributed by atoms with van der Waals surface area (Å²) in [6, 6.07) is 7.70. The summed E-state index contributed by atoms with van der Waals surface area (Å²) < 4.78 is 0. The highest BCUT2D eigenvalue weighted by Gasteiger charge is 2.11. The van der Waals surface area contributed by atoms with Gasteiger partial charge in [0.2, 0.25) is 0 Å². The molecule has 2 nitrogen and oxygen atoms in total. The van der Waals surface area contributed by atoms with Gasteiger partial charge in [0.1, 0.15) is 0 Å². The minimum absolute atomic E-state index is 0.146. The molecule has 0 unspecified atom stereocenters. The molecule has 0 bridgehead atoms. The van der Waals surface area contributed by atoms with Gasteiger partial charge in [-0.3, -0.25) is 9.78 Å². The highest BCUT2D eigenvalue weighted by atomic mass is 32.1. The molecule has 0 atom stereocenters. The van der Waals surface area contributed by atoms with Crippen LogP contribution >= 0.6 is 11.3 Å². The van der Waals surface area contributed by atoms with Crippen LogP contribution in [0.4, 0.5) is 0 Å². The van der Waals surface area contributed by atoms with E-state index in [-0.39, 0.29) is 5.78 Å². The molecule has 0 saturated carbocycles. The minimum Gasteiger partial charge on any atom is -0.294 e. The number of hydrogen-bond acceptors (Lipinski definition) is 3. The average molecular weight is 231 g/mol. The molecule has 0 aliphatic rings. The topological polar surface area (TPSA) is 30.0 Å². The van der Waals surface area contributed by atoms with Gasteiger partial charge in [0.05, 0.1) is 0 Å². The summed E-state index contributed by atoms with van der Waals surface area (Å²) in [5.41, 5.74) is 2.51. The molecule has 0 radical (unpaired) electrons. The maximum Gasteiger partial charge on any atom is 0.169 e. The van der Waals surface area contributed by atoms with Crippen LogP contribution in [0.1, 0.15) is 26.6 Å². The summed E-state index contributed by atoms with van der Waals surface area (Å²) >= 11 is 1.61. The second kappa shape index (κ2) is 4.58. The van der Waals surface area contributed by atoms with E-state index in [0.29, 0.717) is 6.42 Å². The third-order valence-corrected chi connectivity index (χ3v) is 3.32. The number of aryl methyl sites for hydroxylation is 2. The number of aromatic nitrogens is 1. The van der Waals surface area contributed by atoms with Gasteiger partial charge in [-0.15, -0.1) is 11.3 Å². The molecule has 0 N–H and O–H groups in total. The Balaban J connectivity index is 2.21. The van der Waals surface area contributed by atoms with Gasteiger partial charge in [-0.2, -0.15) is 0 Å². The first-order valence-corrected chi connectivity index (χ1v) is 6.04. The summed E-state index contributed by atoms with van der Waals surface area (Å²) in [4.78, 5) is 17.4. The zero-order valence-corrected chi connectivity index (χ0v) is 10.2. The van der Waals surface area contributed by atoms with E-state index in [1.807, 2.05) is 43.5 Å². The van der Waals surface area contributed by atoms with E-state index < -0.39 is 0 Å². The first-order chi connectivity index (χ1) is 7.66. The molecule has 2 heterocycles. The molecule has 0 saturated heterocycles. The maximum atomic E-state index is 12.0. The lowest BCUT2D eigenvalue weighted by molar-refractivity contribution is 0.0993. The standard InChI is InChI=1S/C13H13NOS/c1-9-5-6-12(10(2)14-9)13(15)8-11-4-3-7-16-11/h3-7H,8H2,1-2H3. The molecule has 0 aromatic carbocycles. The zero-order valence-electron chi connectivity index (χ0n) is 9.36. The van der Waals surface area contributed by atoms with Crippen LogP contribution in [0.2, 0.25) is 0 Å². The summed E-state index contributed by atoms with van der Waals surface area (Å²) in [7, 11) is 0. The number of ketones is 1. The molecule has 0 fully saturated rings. The summed E-state index contributed by atoms with van der Waals surface area (Å²) in [5, 5.41) is 1.99. The van der Waals surface area contributed by atoms with Crippen LogP contribution in [-0.4, -0.2) is 10.8 Å². The first kappa shape index (κ1) is 11.0. The molecule has 2 aromatic rings. The molecule has 2 aromatic heterocycles. The Morgan fingerprint density at radius 3 is 2.75 bits per heavy atom. The second-order valence-electron chi connectivity index (χ2n) is 3.76. The Morgan fingerprint density at radius 1 is 1.31 bits per heavy atom. The van der Waals surface area contributed by atoms with E-state index in [9.17, 15) is 4.79 Å². The second-order valence-corrected chi connectivity index (χ2v) is 4.80. The van der Waals surface area contributed by atoms with E-state index in [2.05, 4.69) is 4.98 Å². The Hall–Kier alpha value is -1.48. The smallest absolute Gasteiger partial charge is 0.169 e. The summed E-state index contributed by atoms with van der Waals surface area (Å²) in [6.45, 7) is 3.81. The van der Waals surface area contributed by atoms with Crippen LogP contribution < -0.4 is 0 Å². The van der Waals surface area contributed by atoms with Crippen LogP contribution in [0.15, 0.2) is 29.6 Å². The molecule has 0 spiro atoms. The predicted octanol–water partition coefficient (Wildman–Crippen LogP) is 3.19. The van der Waals surface area contributed by atoms with Crippen molar-refractivity contribution in [2.45, 2.75) is 20.3 Å². The number of Topliss-reactive ketones (excluding diaryl/α,β-unsaturated/α-hetero) is 1. The number of nitrogens with zero attached hydrogens (tertiary/aromatic N) is 1. The number of hydrogen-bond donors (Lipinski definition) is 0. The van der Waals surface area contributed by atoms with Gasteiger partial charge in [-0.25, -0.2) is 0 Å². The van der Waals surface area contributed by atoms with Crippen molar-refractivity contribution in [2.75, 3.05) is 0 Å². The van der Waals surface area contributed by atoms with Gasteiger partial charge >= 0.3 is 0 Å². The van der Waals surface area contributed by atoms with Crippen LogP contribution in [0, 0.1) is 13.8 Å². The van der Waals surface area contributed by atoms with Crippen molar-refractivity contribution >= 4 is 17.1 Å². The predicted molar refractivity (Wildman–Crippen MR) is 66.1 cm³/mol. The lowest BCUT2D eigenvalue weighted by atomic mass is 10.1. The van der Waals surface area contributed by atoms with Gasteiger partial charge in [0.25, 0.3) is 0 Å². The van der Waals surface area contributed by atoms with E-state index in [1.54, 1.807) is 11.3 Å². The SMILES string of the molecule is Cc1ccc(C(=O)Cc2cccs2)c(C)n1. The minimum atomic E-state index is 0.146. The molecule has 82 valence electrons. The van der Waals surface area contributed by atoms with Gasteiger partial charge in [-0.05, 0) is 37.4 Å². The Morgan fingerprint density at radius 2 is 2.12 bits per heavy atom. The van der Waals surface area contributed by atoms with Crippen LogP contribution in [-0.2, 0) is 6.42 Å². The molecular formula is C13H13NOS. The molecular weight excluding hydrogens is 218 g/mol. The van der Waals surface area contributed by atoms with Crippen molar-refractivity contribution in [3.05, 3.63) is 51.5 Å². The molecule has 0 aliphatic carbocycles. The van der Waals surface area contributed by atoms with Gasteiger partial charge in [-0.1, -0.05) is 6.07 Å². The third kappa shape index (κ3) is 2.36. The number of carbonyl (C=O) groups excluding carboxylic acids is 1. The van der Waals surface area contributed by atoms with Crippen molar-refractivity contribution in [2.24, 2.45) is 0 Å². The Bertz CT molecular complexity index is 503.